The maximum Gasteiger partial charge on any atom is 0.150 e. The second-order valence-electron chi connectivity index (χ2n) is 4.83. The van der Waals surface area contributed by atoms with Crippen LogP contribution in [0.1, 0.15) is 39.0 Å². The molecule has 1 rings (SSSR count). The maximum atomic E-state index is 11.6. The third-order valence-corrected chi connectivity index (χ3v) is 5.26. The first-order valence-corrected chi connectivity index (χ1v) is 7.83. The summed E-state index contributed by atoms with van der Waals surface area (Å²) < 4.78 is 23.3. The highest BCUT2D eigenvalue weighted by atomic mass is 32.2. The van der Waals surface area contributed by atoms with E-state index in [2.05, 4.69) is 6.92 Å². The Bertz CT molecular complexity index is 287. The lowest BCUT2D eigenvalue weighted by Crippen LogP contribution is -2.39. The highest BCUT2D eigenvalue weighted by Crippen LogP contribution is 2.34. The SMILES string of the molecule is CCCC1CCC(CN)C(S(C)(=O)=O)C1. The molecular formula is C11H23NO2S. The third-order valence-electron chi connectivity index (χ3n) is 3.59. The molecule has 2 N–H and O–H groups in total. The normalized spacial score (nSPS) is 32.9. The van der Waals surface area contributed by atoms with Gasteiger partial charge in [-0.15, -0.1) is 0 Å². The van der Waals surface area contributed by atoms with E-state index >= 15 is 0 Å². The molecule has 0 heterocycles. The summed E-state index contributed by atoms with van der Waals surface area (Å²) in [6.07, 6.45) is 6.63. The molecule has 1 aliphatic carbocycles. The average molecular weight is 233 g/mol. The predicted molar refractivity (Wildman–Crippen MR) is 63.4 cm³/mol. The van der Waals surface area contributed by atoms with Crippen LogP contribution >= 0.6 is 0 Å². The van der Waals surface area contributed by atoms with Gasteiger partial charge in [-0.1, -0.05) is 26.2 Å². The molecule has 0 aliphatic heterocycles. The summed E-state index contributed by atoms with van der Waals surface area (Å²) in [6.45, 7) is 2.67. The fourth-order valence-corrected chi connectivity index (χ4v) is 4.31. The first kappa shape index (κ1) is 13.0. The minimum absolute atomic E-state index is 0.187. The first-order chi connectivity index (χ1) is 6.99. The van der Waals surface area contributed by atoms with Crippen molar-refractivity contribution >= 4 is 9.84 Å². The third kappa shape index (κ3) is 3.45. The van der Waals surface area contributed by atoms with Gasteiger partial charge in [0.25, 0.3) is 0 Å². The van der Waals surface area contributed by atoms with Crippen LogP contribution in [0.5, 0.6) is 0 Å². The number of sulfone groups is 1. The largest absolute Gasteiger partial charge is 0.330 e. The summed E-state index contributed by atoms with van der Waals surface area (Å²) in [6, 6.07) is 0. The molecule has 0 radical (unpaired) electrons. The molecule has 0 saturated heterocycles. The van der Waals surface area contributed by atoms with E-state index in [-0.39, 0.29) is 11.2 Å². The van der Waals surface area contributed by atoms with Crippen molar-refractivity contribution in [1.82, 2.24) is 0 Å². The van der Waals surface area contributed by atoms with Gasteiger partial charge in [0, 0.05) is 6.26 Å². The summed E-state index contributed by atoms with van der Waals surface area (Å²) in [4.78, 5) is 0. The van der Waals surface area contributed by atoms with Crippen molar-refractivity contribution in [2.75, 3.05) is 12.8 Å². The van der Waals surface area contributed by atoms with Crippen LogP contribution in [0, 0.1) is 11.8 Å². The number of hydrogen-bond acceptors (Lipinski definition) is 3. The summed E-state index contributed by atoms with van der Waals surface area (Å²) in [5, 5.41) is -0.187. The van der Waals surface area contributed by atoms with Crippen LogP contribution in [-0.4, -0.2) is 26.5 Å². The van der Waals surface area contributed by atoms with Crippen molar-refractivity contribution in [3.63, 3.8) is 0 Å². The average Bonchev–Trinajstić information content (AvgIpc) is 2.17. The molecule has 15 heavy (non-hydrogen) atoms. The zero-order valence-corrected chi connectivity index (χ0v) is 10.6. The Labute approximate surface area is 93.3 Å². The van der Waals surface area contributed by atoms with Crippen molar-refractivity contribution in [2.24, 2.45) is 17.6 Å². The van der Waals surface area contributed by atoms with E-state index in [1.807, 2.05) is 0 Å². The molecule has 0 aromatic carbocycles. The van der Waals surface area contributed by atoms with Crippen LogP contribution in [0.4, 0.5) is 0 Å². The molecule has 3 nitrogen and oxygen atoms in total. The molecule has 0 aromatic rings. The maximum absolute atomic E-state index is 11.6. The molecule has 0 spiro atoms. The first-order valence-electron chi connectivity index (χ1n) is 5.88. The molecule has 90 valence electrons. The number of nitrogens with two attached hydrogens (primary N) is 1. The smallest absolute Gasteiger partial charge is 0.150 e. The van der Waals surface area contributed by atoms with Crippen LogP contribution in [0.3, 0.4) is 0 Å². The van der Waals surface area contributed by atoms with Gasteiger partial charge in [0.1, 0.15) is 0 Å². The van der Waals surface area contributed by atoms with Crippen molar-refractivity contribution < 1.29 is 8.42 Å². The Morgan fingerprint density at radius 2 is 2.00 bits per heavy atom. The van der Waals surface area contributed by atoms with E-state index in [0.29, 0.717) is 12.5 Å². The topological polar surface area (TPSA) is 60.2 Å². The van der Waals surface area contributed by atoms with Crippen molar-refractivity contribution in [3.05, 3.63) is 0 Å². The molecule has 0 amide bonds. The molecule has 0 aromatic heterocycles. The number of hydrogen-bond donors (Lipinski definition) is 1. The van der Waals surface area contributed by atoms with Crippen LogP contribution < -0.4 is 5.73 Å². The van der Waals surface area contributed by atoms with E-state index in [9.17, 15) is 8.42 Å². The van der Waals surface area contributed by atoms with Gasteiger partial charge in [-0.05, 0) is 31.2 Å². The Hall–Kier alpha value is -0.0900. The number of rotatable bonds is 4. The summed E-state index contributed by atoms with van der Waals surface area (Å²) in [7, 11) is -2.92. The van der Waals surface area contributed by atoms with Gasteiger partial charge in [0.05, 0.1) is 5.25 Å². The molecular weight excluding hydrogens is 210 g/mol. The molecule has 3 unspecified atom stereocenters. The fourth-order valence-electron chi connectivity index (χ4n) is 2.74. The highest BCUT2D eigenvalue weighted by molar-refractivity contribution is 7.91. The molecule has 0 bridgehead atoms. The molecule has 4 heteroatoms. The van der Waals surface area contributed by atoms with Gasteiger partial charge in [0.15, 0.2) is 9.84 Å². The van der Waals surface area contributed by atoms with Gasteiger partial charge in [-0.3, -0.25) is 0 Å². The lowest BCUT2D eigenvalue weighted by Gasteiger charge is -2.34. The van der Waals surface area contributed by atoms with Gasteiger partial charge in [0.2, 0.25) is 0 Å². The lowest BCUT2D eigenvalue weighted by molar-refractivity contribution is 0.269. The van der Waals surface area contributed by atoms with E-state index in [4.69, 9.17) is 5.73 Å². The van der Waals surface area contributed by atoms with Crippen LogP contribution in [-0.2, 0) is 9.84 Å². The molecule has 3 atom stereocenters. The summed E-state index contributed by atoms with van der Waals surface area (Å²) in [5.74, 6) is 0.783. The highest BCUT2D eigenvalue weighted by Gasteiger charge is 2.35. The summed E-state index contributed by atoms with van der Waals surface area (Å²) >= 11 is 0. The van der Waals surface area contributed by atoms with Gasteiger partial charge < -0.3 is 5.73 Å². The van der Waals surface area contributed by atoms with E-state index in [1.165, 1.54) is 6.26 Å². The second-order valence-corrected chi connectivity index (χ2v) is 7.10. The minimum atomic E-state index is -2.92. The second kappa shape index (κ2) is 5.30. The summed E-state index contributed by atoms with van der Waals surface area (Å²) in [5.41, 5.74) is 5.65. The van der Waals surface area contributed by atoms with E-state index in [0.717, 1.165) is 32.1 Å². The van der Waals surface area contributed by atoms with E-state index < -0.39 is 9.84 Å². The van der Waals surface area contributed by atoms with Crippen LogP contribution in [0.25, 0.3) is 0 Å². The van der Waals surface area contributed by atoms with E-state index in [1.54, 1.807) is 0 Å². The molecule has 1 aliphatic rings. The Kier molecular flexibility index (Phi) is 4.59. The van der Waals surface area contributed by atoms with Crippen LogP contribution in [0.15, 0.2) is 0 Å². The van der Waals surface area contributed by atoms with Gasteiger partial charge in [-0.25, -0.2) is 8.42 Å². The zero-order chi connectivity index (χ0) is 11.5. The fraction of sp³-hybridized carbons (Fsp3) is 1.00. The van der Waals surface area contributed by atoms with Crippen molar-refractivity contribution in [1.29, 1.82) is 0 Å². The Morgan fingerprint density at radius 3 is 2.47 bits per heavy atom. The Morgan fingerprint density at radius 1 is 1.33 bits per heavy atom. The Balaban J connectivity index is 2.70. The monoisotopic (exact) mass is 233 g/mol. The van der Waals surface area contributed by atoms with Gasteiger partial charge in [-0.2, -0.15) is 0 Å². The molecule has 1 fully saturated rings. The van der Waals surface area contributed by atoms with Gasteiger partial charge >= 0.3 is 0 Å². The zero-order valence-electron chi connectivity index (χ0n) is 9.78. The standard InChI is InChI=1S/C11H23NO2S/c1-3-4-9-5-6-10(8-12)11(7-9)15(2,13)14/h9-11H,3-8,12H2,1-2H3. The lowest BCUT2D eigenvalue weighted by atomic mass is 9.80. The van der Waals surface area contributed by atoms with Crippen LogP contribution in [0.2, 0.25) is 0 Å². The van der Waals surface area contributed by atoms with Crippen molar-refractivity contribution in [2.45, 2.75) is 44.3 Å². The quantitative estimate of drug-likeness (QED) is 0.802. The molecule has 1 saturated carbocycles. The van der Waals surface area contributed by atoms with Crippen molar-refractivity contribution in [3.8, 4) is 0 Å². The predicted octanol–water partition coefficient (Wildman–Crippen LogP) is 1.57. The minimum Gasteiger partial charge on any atom is -0.330 e.